The van der Waals surface area contributed by atoms with E-state index in [-0.39, 0.29) is 12.6 Å². The molecule has 6 nitrogen and oxygen atoms in total. The molecule has 0 aliphatic carbocycles. The highest BCUT2D eigenvalue weighted by molar-refractivity contribution is 6.39. The molecule has 2 N–H and O–H groups in total. The van der Waals surface area contributed by atoms with Crippen LogP contribution in [0.4, 0.5) is 5.69 Å². The number of rotatable bonds is 5. The molecule has 0 fully saturated rings. The molecule has 1 atom stereocenters. The van der Waals surface area contributed by atoms with Gasteiger partial charge in [0.15, 0.2) is 0 Å². The van der Waals surface area contributed by atoms with Gasteiger partial charge in [0.2, 0.25) is 0 Å². The molecule has 0 spiro atoms. The molecule has 0 aliphatic heterocycles. The number of likely N-dealkylation sites (N-methyl/N-ethyl adjacent to an activating group) is 1. The van der Waals surface area contributed by atoms with E-state index < -0.39 is 11.8 Å². The van der Waals surface area contributed by atoms with Crippen molar-refractivity contribution in [2.24, 2.45) is 0 Å². The fraction of sp³-hybridized carbons (Fsp3) is 0.235. The Hall–Kier alpha value is -2.44. The molecule has 2 rings (SSSR count). The Kier molecular flexibility index (Phi) is 6.28. The molecular formula is C17H19ClN4O2. The number of anilines is 1. The molecule has 24 heavy (non-hydrogen) atoms. The lowest BCUT2D eigenvalue weighted by Gasteiger charge is -2.25. The molecule has 2 aromatic rings. The van der Waals surface area contributed by atoms with Crippen LogP contribution in [0.3, 0.4) is 0 Å². The lowest BCUT2D eigenvalue weighted by molar-refractivity contribution is -0.136. The number of nitrogens with one attached hydrogen (secondary N) is 2. The zero-order valence-corrected chi connectivity index (χ0v) is 14.2. The first-order valence-electron chi connectivity index (χ1n) is 7.39. The Labute approximate surface area is 145 Å². The number of halogens is 1. The van der Waals surface area contributed by atoms with Crippen LogP contribution in [0.2, 0.25) is 5.02 Å². The Balaban J connectivity index is 1.98. The fourth-order valence-electron chi connectivity index (χ4n) is 2.21. The molecule has 0 radical (unpaired) electrons. The maximum absolute atomic E-state index is 12.0. The SMILES string of the molecule is CN(C)C(CNC(=O)C(=O)Nc1cccnc1)c1ccccc1Cl. The predicted molar refractivity (Wildman–Crippen MR) is 93.8 cm³/mol. The minimum absolute atomic E-state index is 0.145. The minimum atomic E-state index is -0.736. The first-order chi connectivity index (χ1) is 11.5. The van der Waals surface area contributed by atoms with Crippen LogP contribution in [0, 0.1) is 0 Å². The van der Waals surface area contributed by atoms with E-state index in [1.165, 1.54) is 6.20 Å². The van der Waals surface area contributed by atoms with Crippen LogP contribution in [-0.2, 0) is 9.59 Å². The molecule has 1 unspecified atom stereocenters. The van der Waals surface area contributed by atoms with Gasteiger partial charge in [-0.3, -0.25) is 14.6 Å². The van der Waals surface area contributed by atoms with Crippen molar-refractivity contribution < 1.29 is 9.59 Å². The van der Waals surface area contributed by atoms with E-state index >= 15 is 0 Å². The molecule has 0 saturated carbocycles. The number of pyridine rings is 1. The van der Waals surface area contributed by atoms with Crippen molar-refractivity contribution in [1.82, 2.24) is 15.2 Å². The van der Waals surface area contributed by atoms with E-state index in [4.69, 9.17) is 11.6 Å². The van der Waals surface area contributed by atoms with E-state index in [0.717, 1.165) is 5.56 Å². The molecular weight excluding hydrogens is 328 g/mol. The van der Waals surface area contributed by atoms with Crippen molar-refractivity contribution in [1.29, 1.82) is 0 Å². The van der Waals surface area contributed by atoms with Crippen LogP contribution in [0.5, 0.6) is 0 Å². The van der Waals surface area contributed by atoms with Crippen LogP contribution in [0.15, 0.2) is 48.8 Å². The lowest BCUT2D eigenvalue weighted by atomic mass is 10.1. The quantitative estimate of drug-likeness (QED) is 0.813. The van der Waals surface area contributed by atoms with Gasteiger partial charge in [-0.05, 0) is 37.9 Å². The van der Waals surface area contributed by atoms with Crippen molar-refractivity contribution >= 4 is 29.1 Å². The third kappa shape index (κ3) is 4.78. The summed E-state index contributed by atoms with van der Waals surface area (Å²) in [7, 11) is 3.77. The van der Waals surface area contributed by atoms with Gasteiger partial charge < -0.3 is 15.5 Å². The molecule has 0 bridgehead atoms. The van der Waals surface area contributed by atoms with Crippen LogP contribution in [0.1, 0.15) is 11.6 Å². The van der Waals surface area contributed by atoms with Crippen molar-refractivity contribution in [3.63, 3.8) is 0 Å². The maximum atomic E-state index is 12.0. The van der Waals surface area contributed by atoms with Gasteiger partial charge in [-0.2, -0.15) is 0 Å². The number of benzene rings is 1. The predicted octanol–water partition coefficient (Wildman–Crippen LogP) is 2.09. The van der Waals surface area contributed by atoms with Crippen LogP contribution >= 0.6 is 11.6 Å². The number of hydrogen-bond donors (Lipinski definition) is 2. The topological polar surface area (TPSA) is 74.3 Å². The zero-order valence-electron chi connectivity index (χ0n) is 13.5. The lowest BCUT2D eigenvalue weighted by Crippen LogP contribution is -2.40. The summed E-state index contributed by atoms with van der Waals surface area (Å²) < 4.78 is 0. The Morgan fingerprint density at radius 1 is 1.17 bits per heavy atom. The molecule has 0 aliphatic rings. The second-order valence-corrected chi connectivity index (χ2v) is 5.81. The normalized spacial score (nSPS) is 11.8. The van der Waals surface area contributed by atoms with Crippen molar-refractivity contribution in [2.75, 3.05) is 26.0 Å². The van der Waals surface area contributed by atoms with Gasteiger partial charge in [0, 0.05) is 17.8 Å². The largest absolute Gasteiger partial charge is 0.346 e. The summed E-state index contributed by atoms with van der Waals surface area (Å²) >= 11 is 6.22. The van der Waals surface area contributed by atoms with E-state index in [9.17, 15) is 9.59 Å². The number of hydrogen-bond acceptors (Lipinski definition) is 4. The second kappa shape index (κ2) is 8.42. The summed E-state index contributed by atoms with van der Waals surface area (Å²) in [5.41, 5.74) is 1.35. The van der Waals surface area contributed by atoms with Gasteiger partial charge in [0.25, 0.3) is 0 Å². The summed E-state index contributed by atoms with van der Waals surface area (Å²) in [5.74, 6) is -1.45. The Morgan fingerprint density at radius 2 is 1.92 bits per heavy atom. The number of aromatic nitrogens is 1. The first-order valence-corrected chi connectivity index (χ1v) is 7.77. The summed E-state index contributed by atoms with van der Waals surface area (Å²) in [6.45, 7) is 0.260. The number of carbonyl (C=O) groups excluding carboxylic acids is 2. The van der Waals surface area contributed by atoms with Gasteiger partial charge in [-0.15, -0.1) is 0 Å². The Bertz CT molecular complexity index is 707. The molecule has 1 heterocycles. The van der Waals surface area contributed by atoms with Crippen molar-refractivity contribution in [3.05, 3.63) is 59.4 Å². The second-order valence-electron chi connectivity index (χ2n) is 5.41. The number of nitrogens with zero attached hydrogens (tertiary/aromatic N) is 2. The summed E-state index contributed by atoms with van der Waals surface area (Å²) in [5, 5.41) is 5.75. The summed E-state index contributed by atoms with van der Waals surface area (Å²) in [6.07, 6.45) is 3.05. The average molecular weight is 347 g/mol. The van der Waals surface area contributed by atoms with E-state index in [1.54, 1.807) is 24.4 Å². The molecule has 126 valence electrons. The number of amides is 2. The highest BCUT2D eigenvalue weighted by Gasteiger charge is 2.20. The van der Waals surface area contributed by atoms with Gasteiger partial charge in [0.05, 0.1) is 17.9 Å². The monoisotopic (exact) mass is 346 g/mol. The fourth-order valence-corrected chi connectivity index (χ4v) is 2.47. The van der Waals surface area contributed by atoms with E-state index in [2.05, 4.69) is 15.6 Å². The highest BCUT2D eigenvalue weighted by Crippen LogP contribution is 2.25. The highest BCUT2D eigenvalue weighted by atomic mass is 35.5. The van der Waals surface area contributed by atoms with Crippen LogP contribution < -0.4 is 10.6 Å². The smallest absolute Gasteiger partial charge is 0.313 e. The average Bonchev–Trinajstić information content (AvgIpc) is 2.57. The molecule has 7 heteroatoms. The standard InChI is InChI=1S/C17H19ClN4O2/c1-22(2)15(13-7-3-4-8-14(13)18)11-20-16(23)17(24)21-12-6-5-9-19-10-12/h3-10,15H,11H2,1-2H3,(H,20,23)(H,21,24). The summed E-state index contributed by atoms with van der Waals surface area (Å²) in [6, 6.07) is 10.6. The van der Waals surface area contributed by atoms with E-state index in [1.807, 2.05) is 37.2 Å². The van der Waals surface area contributed by atoms with Crippen molar-refractivity contribution in [2.45, 2.75) is 6.04 Å². The van der Waals surface area contributed by atoms with Gasteiger partial charge in [0.1, 0.15) is 0 Å². The molecule has 1 aromatic heterocycles. The van der Waals surface area contributed by atoms with Crippen LogP contribution in [0.25, 0.3) is 0 Å². The van der Waals surface area contributed by atoms with Gasteiger partial charge in [-0.1, -0.05) is 29.8 Å². The molecule has 1 aromatic carbocycles. The Morgan fingerprint density at radius 3 is 2.54 bits per heavy atom. The molecule has 0 saturated heterocycles. The van der Waals surface area contributed by atoms with Crippen LogP contribution in [-0.4, -0.2) is 42.3 Å². The van der Waals surface area contributed by atoms with E-state index in [0.29, 0.717) is 10.7 Å². The third-order valence-corrected chi connectivity index (χ3v) is 3.81. The number of carbonyl (C=O) groups is 2. The summed E-state index contributed by atoms with van der Waals surface area (Å²) in [4.78, 5) is 29.7. The maximum Gasteiger partial charge on any atom is 0.313 e. The van der Waals surface area contributed by atoms with Gasteiger partial charge >= 0.3 is 11.8 Å². The first kappa shape index (κ1) is 17.9. The minimum Gasteiger partial charge on any atom is -0.346 e. The zero-order chi connectivity index (χ0) is 17.5. The van der Waals surface area contributed by atoms with Gasteiger partial charge in [-0.25, -0.2) is 0 Å². The molecule has 2 amide bonds. The third-order valence-electron chi connectivity index (χ3n) is 3.47. The van der Waals surface area contributed by atoms with Crippen molar-refractivity contribution in [3.8, 4) is 0 Å².